The van der Waals surface area contributed by atoms with Gasteiger partial charge in [0.1, 0.15) is 5.57 Å². The van der Waals surface area contributed by atoms with Crippen LogP contribution in [0.15, 0.2) is 35.9 Å². The molecule has 0 radical (unpaired) electrons. The number of barbiturate groups is 1. The van der Waals surface area contributed by atoms with Crippen LogP contribution in [0.25, 0.3) is 6.08 Å². The van der Waals surface area contributed by atoms with Crippen molar-refractivity contribution in [3.05, 3.63) is 62.1 Å². The second kappa shape index (κ2) is 8.45. The van der Waals surface area contributed by atoms with Crippen LogP contribution in [0.2, 0.25) is 15.1 Å². The fourth-order valence-electron chi connectivity index (χ4n) is 2.81. The Bertz CT molecular complexity index is 1040. The number of imide groups is 2. The summed E-state index contributed by atoms with van der Waals surface area (Å²) in [5, 5.41) is 2.97. The van der Waals surface area contributed by atoms with Crippen LogP contribution < -0.4 is 15.0 Å². The first kappa shape index (κ1) is 21.2. The molecule has 1 aliphatic rings. The number of urea groups is 1. The van der Waals surface area contributed by atoms with Gasteiger partial charge in [-0.2, -0.15) is 0 Å². The van der Waals surface area contributed by atoms with Crippen molar-refractivity contribution >= 4 is 64.4 Å². The van der Waals surface area contributed by atoms with Crippen molar-refractivity contribution in [1.82, 2.24) is 5.32 Å². The molecule has 0 spiro atoms. The minimum Gasteiger partial charge on any atom is -0.491 e. The molecule has 2 aromatic carbocycles. The summed E-state index contributed by atoms with van der Waals surface area (Å²) < 4.78 is 5.37. The fraction of sp³-hybridized carbons (Fsp3) is 0.150. The van der Waals surface area contributed by atoms with Crippen LogP contribution in [0.1, 0.15) is 18.1 Å². The number of benzene rings is 2. The molecule has 1 heterocycles. The Morgan fingerprint density at radius 3 is 2.34 bits per heavy atom. The Labute approximate surface area is 182 Å². The van der Waals surface area contributed by atoms with Gasteiger partial charge in [-0.15, -0.1) is 0 Å². The average Bonchev–Trinajstić information content (AvgIpc) is 2.64. The molecule has 0 aromatic heterocycles. The smallest absolute Gasteiger partial charge is 0.335 e. The largest absolute Gasteiger partial charge is 0.491 e. The summed E-state index contributed by atoms with van der Waals surface area (Å²) in [6.45, 7) is 3.88. The lowest BCUT2D eigenvalue weighted by Gasteiger charge is -2.27. The van der Waals surface area contributed by atoms with Gasteiger partial charge in [0.2, 0.25) is 0 Å². The van der Waals surface area contributed by atoms with E-state index in [-0.39, 0.29) is 21.3 Å². The number of rotatable bonds is 4. The molecule has 3 rings (SSSR count). The summed E-state index contributed by atoms with van der Waals surface area (Å²) in [5.41, 5.74) is 1.07. The highest BCUT2D eigenvalue weighted by Gasteiger charge is 2.37. The van der Waals surface area contributed by atoms with E-state index < -0.39 is 17.8 Å². The van der Waals surface area contributed by atoms with Crippen molar-refractivity contribution in [2.75, 3.05) is 11.5 Å². The van der Waals surface area contributed by atoms with Gasteiger partial charge in [0.25, 0.3) is 11.8 Å². The van der Waals surface area contributed by atoms with Crippen LogP contribution >= 0.6 is 34.8 Å². The molecule has 9 heteroatoms. The van der Waals surface area contributed by atoms with Gasteiger partial charge >= 0.3 is 6.03 Å². The number of nitrogens with one attached hydrogen (secondary N) is 1. The van der Waals surface area contributed by atoms with Crippen molar-refractivity contribution in [2.24, 2.45) is 0 Å². The van der Waals surface area contributed by atoms with E-state index in [0.29, 0.717) is 28.5 Å². The van der Waals surface area contributed by atoms with E-state index in [9.17, 15) is 14.4 Å². The lowest BCUT2D eigenvalue weighted by atomic mass is 10.1. The molecule has 0 aliphatic carbocycles. The third-order valence-electron chi connectivity index (χ3n) is 4.13. The third kappa shape index (κ3) is 4.24. The third-order valence-corrected chi connectivity index (χ3v) is 4.93. The Hall–Kier alpha value is -2.54. The van der Waals surface area contributed by atoms with Crippen molar-refractivity contribution in [1.29, 1.82) is 0 Å². The lowest BCUT2D eigenvalue weighted by molar-refractivity contribution is -0.122. The van der Waals surface area contributed by atoms with Crippen LogP contribution in [-0.2, 0) is 9.59 Å². The van der Waals surface area contributed by atoms with E-state index in [4.69, 9.17) is 39.5 Å². The van der Waals surface area contributed by atoms with Crippen molar-refractivity contribution in [2.45, 2.75) is 13.8 Å². The first-order chi connectivity index (χ1) is 13.7. The molecule has 2 aromatic rings. The second-order valence-electron chi connectivity index (χ2n) is 6.14. The summed E-state index contributed by atoms with van der Waals surface area (Å²) in [6.07, 6.45) is 1.31. The molecule has 4 amide bonds. The number of anilines is 1. The highest BCUT2D eigenvalue weighted by molar-refractivity contribution is 6.40. The van der Waals surface area contributed by atoms with Gasteiger partial charge in [-0.05, 0) is 55.3 Å². The molecular formula is C20H15Cl3N2O4. The minimum absolute atomic E-state index is 0.230. The molecule has 0 unspecified atom stereocenters. The number of hydrogen-bond donors (Lipinski definition) is 1. The number of carbonyl (C=O) groups is 3. The summed E-state index contributed by atoms with van der Waals surface area (Å²) in [4.78, 5) is 38.5. The van der Waals surface area contributed by atoms with Crippen LogP contribution in [0.5, 0.6) is 5.75 Å². The first-order valence-electron chi connectivity index (χ1n) is 8.52. The predicted molar refractivity (Wildman–Crippen MR) is 113 cm³/mol. The molecule has 1 fully saturated rings. The monoisotopic (exact) mass is 452 g/mol. The zero-order valence-corrected chi connectivity index (χ0v) is 17.7. The van der Waals surface area contributed by atoms with E-state index in [1.54, 1.807) is 26.0 Å². The Kier molecular flexibility index (Phi) is 6.17. The molecule has 0 bridgehead atoms. The topological polar surface area (TPSA) is 75.7 Å². The summed E-state index contributed by atoms with van der Waals surface area (Å²) in [7, 11) is 0. The van der Waals surface area contributed by atoms with Crippen molar-refractivity contribution in [3.8, 4) is 5.75 Å². The van der Waals surface area contributed by atoms with Crippen LogP contribution in [0.3, 0.4) is 0 Å². The maximum absolute atomic E-state index is 13.0. The number of halogens is 3. The normalized spacial score (nSPS) is 15.7. The standard InChI is InChI=1S/C20H15Cl3N2O4/c1-3-29-17-14(22)7-11(8-15(17)23)6-13-18(26)24-20(28)25(19(13)27)16-9-12(21)5-4-10(16)2/h4-9H,3H2,1-2H3,(H,24,26,28)/b13-6+. The number of amides is 4. The van der Waals surface area contributed by atoms with Crippen molar-refractivity contribution in [3.63, 3.8) is 0 Å². The fourth-order valence-corrected chi connectivity index (χ4v) is 3.59. The van der Waals surface area contributed by atoms with Gasteiger partial charge in [0.15, 0.2) is 5.75 Å². The van der Waals surface area contributed by atoms with Gasteiger partial charge in [-0.3, -0.25) is 14.9 Å². The number of carbonyl (C=O) groups excluding carboxylic acids is 3. The second-order valence-corrected chi connectivity index (χ2v) is 7.39. The quantitative estimate of drug-likeness (QED) is 0.521. The molecule has 0 atom stereocenters. The lowest BCUT2D eigenvalue weighted by Crippen LogP contribution is -2.54. The molecule has 1 aliphatic heterocycles. The molecule has 150 valence electrons. The molecule has 29 heavy (non-hydrogen) atoms. The van der Waals surface area contributed by atoms with Gasteiger partial charge in [0, 0.05) is 5.02 Å². The molecule has 6 nitrogen and oxygen atoms in total. The molecule has 1 N–H and O–H groups in total. The summed E-state index contributed by atoms with van der Waals surface area (Å²) >= 11 is 18.4. The Balaban J connectivity index is 2.05. The first-order valence-corrected chi connectivity index (χ1v) is 9.65. The van der Waals surface area contributed by atoms with Gasteiger partial charge in [-0.1, -0.05) is 40.9 Å². The maximum Gasteiger partial charge on any atom is 0.335 e. The zero-order chi connectivity index (χ0) is 21.3. The molecule has 1 saturated heterocycles. The van der Waals surface area contributed by atoms with Gasteiger partial charge in [-0.25, -0.2) is 9.69 Å². The van der Waals surface area contributed by atoms with Crippen LogP contribution in [0, 0.1) is 6.92 Å². The number of nitrogens with zero attached hydrogens (tertiary/aromatic N) is 1. The zero-order valence-electron chi connectivity index (χ0n) is 15.4. The van der Waals surface area contributed by atoms with Crippen LogP contribution in [0.4, 0.5) is 10.5 Å². The van der Waals surface area contributed by atoms with Crippen LogP contribution in [-0.4, -0.2) is 24.5 Å². The Morgan fingerprint density at radius 2 is 1.72 bits per heavy atom. The van der Waals surface area contributed by atoms with Crippen molar-refractivity contribution < 1.29 is 19.1 Å². The highest BCUT2D eigenvalue weighted by Crippen LogP contribution is 2.35. The van der Waals surface area contributed by atoms with Gasteiger partial charge < -0.3 is 4.74 Å². The molecular weight excluding hydrogens is 439 g/mol. The highest BCUT2D eigenvalue weighted by atomic mass is 35.5. The van der Waals surface area contributed by atoms with Gasteiger partial charge in [0.05, 0.1) is 22.3 Å². The number of aryl methyl sites for hydroxylation is 1. The summed E-state index contributed by atoms with van der Waals surface area (Å²) in [5.74, 6) is -1.30. The Morgan fingerprint density at radius 1 is 1.07 bits per heavy atom. The SMILES string of the molecule is CCOc1c(Cl)cc(/C=C2\C(=O)NC(=O)N(c3cc(Cl)ccc3C)C2=O)cc1Cl. The van der Waals surface area contributed by atoms with E-state index >= 15 is 0 Å². The predicted octanol–water partition coefficient (Wildman–Crippen LogP) is 5.02. The van der Waals surface area contributed by atoms with E-state index in [2.05, 4.69) is 5.32 Å². The van der Waals surface area contributed by atoms with E-state index in [1.165, 1.54) is 24.3 Å². The number of ether oxygens (including phenoxy) is 1. The van der Waals surface area contributed by atoms with E-state index in [1.807, 2.05) is 0 Å². The number of hydrogen-bond acceptors (Lipinski definition) is 4. The summed E-state index contributed by atoms with van der Waals surface area (Å²) in [6, 6.07) is 6.95. The average molecular weight is 454 g/mol. The maximum atomic E-state index is 13.0. The molecule has 0 saturated carbocycles. The van der Waals surface area contributed by atoms with E-state index in [0.717, 1.165) is 4.90 Å². The minimum atomic E-state index is -0.856.